The van der Waals surface area contributed by atoms with E-state index in [2.05, 4.69) is 37.5 Å². The Kier molecular flexibility index (Phi) is 5.27. The first-order chi connectivity index (χ1) is 10.00. The van der Waals surface area contributed by atoms with Gasteiger partial charge in [0.05, 0.1) is 0 Å². The summed E-state index contributed by atoms with van der Waals surface area (Å²) < 4.78 is 0. The molecule has 2 rings (SSSR count). The highest BCUT2D eigenvalue weighted by Gasteiger charge is 2.26. The standard InChI is InChI=1S/C18H28N2O/c1-4-12-19-17(21)14-6-5-7-16(13-14)20-15-8-10-18(2,3)11-9-15/h5-7,13,15,20H,4,8-12H2,1-3H3,(H,19,21). The highest BCUT2D eigenvalue weighted by Crippen LogP contribution is 2.36. The van der Waals surface area contributed by atoms with Crippen LogP contribution >= 0.6 is 0 Å². The van der Waals surface area contributed by atoms with Crippen molar-refractivity contribution in [2.24, 2.45) is 5.41 Å². The van der Waals surface area contributed by atoms with Gasteiger partial charge < -0.3 is 10.6 Å². The molecule has 1 saturated carbocycles. The number of rotatable bonds is 5. The normalized spacial score (nSPS) is 18.2. The highest BCUT2D eigenvalue weighted by atomic mass is 16.1. The van der Waals surface area contributed by atoms with Crippen molar-refractivity contribution in [3.63, 3.8) is 0 Å². The Morgan fingerprint density at radius 3 is 2.67 bits per heavy atom. The van der Waals surface area contributed by atoms with E-state index in [4.69, 9.17) is 0 Å². The fourth-order valence-electron chi connectivity index (χ4n) is 2.87. The van der Waals surface area contributed by atoms with E-state index in [9.17, 15) is 4.79 Å². The molecule has 1 fully saturated rings. The molecule has 0 aliphatic heterocycles. The first-order valence-corrected chi connectivity index (χ1v) is 8.15. The van der Waals surface area contributed by atoms with Crippen LogP contribution < -0.4 is 10.6 Å². The molecule has 0 unspecified atom stereocenters. The van der Waals surface area contributed by atoms with Crippen molar-refractivity contribution < 1.29 is 4.79 Å². The van der Waals surface area contributed by atoms with Crippen LogP contribution in [0.3, 0.4) is 0 Å². The third-order valence-corrected chi connectivity index (χ3v) is 4.37. The van der Waals surface area contributed by atoms with Crippen LogP contribution in [0.15, 0.2) is 24.3 Å². The van der Waals surface area contributed by atoms with E-state index in [0.29, 0.717) is 11.5 Å². The molecule has 0 heterocycles. The van der Waals surface area contributed by atoms with Gasteiger partial charge in [-0.05, 0) is 55.7 Å². The lowest BCUT2D eigenvalue weighted by molar-refractivity contribution is 0.0953. The van der Waals surface area contributed by atoms with Gasteiger partial charge in [-0.25, -0.2) is 0 Å². The van der Waals surface area contributed by atoms with Crippen LogP contribution in [-0.4, -0.2) is 18.5 Å². The first kappa shape index (κ1) is 15.9. The van der Waals surface area contributed by atoms with E-state index in [1.807, 2.05) is 18.2 Å². The van der Waals surface area contributed by atoms with Gasteiger partial charge in [0.1, 0.15) is 0 Å². The van der Waals surface area contributed by atoms with Gasteiger partial charge >= 0.3 is 0 Å². The van der Waals surface area contributed by atoms with Crippen molar-refractivity contribution in [2.45, 2.75) is 58.9 Å². The molecule has 0 bridgehead atoms. The van der Waals surface area contributed by atoms with E-state index in [-0.39, 0.29) is 5.91 Å². The van der Waals surface area contributed by atoms with Crippen LogP contribution in [0.25, 0.3) is 0 Å². The number of carbonyl (C=O) groups excluding carboxylic acids is 1. The monoisotopic (exact) mass is 288 g/mol. The number of carbonyl (C=O) groups is 1. The second kappa shape index (κ2) is 6.97. The topological polar surface area (TPSA) is 41.1 Å². The van der Waals surface area contributed by atoms with Crippen molar-refractivity contribution >= 4 is 11.6 Å². The largest absolute Gasteiger partial charge is 0.382 e. The van der Waals surface area contributed by atoms with Crippen LogP contribution in [0.1, 0.15) is 63.2 Å². The minimum absolute atomic E-state index is 0.0188. The predicted octanol–water partition coefficient (Wildman–Crippen LogP) is 4.21. The molecule has 1 aliphatic carbocycles. The summed E-state index contributed by atoms with van der Waals surface area (Å²) in [6, 6.07) is 8.38. The van der Waals surface area contributed by atoms with Gasteiger partial charge in [0.25, 0.3) is 5.91 Å². The maximum atomic E-state index is 12.0. The SMILES string of the molecule is CCCNC(=O)c1cccc(NC2CCC(C)(C)CC2)c1. The average molecular weight is 288 g/mol. The quantitative estimate of drug-likeness (QED) is 0.852. The Labute approximate surface area is 128 Å². The van der Waals surface area contributed by atoms with Crippen molar-refractivity contribution in [3.8, 4) is 0 Å². The van der Waals surface area contributed by atoms with E-state index >= 15 is 0 Å². The van der Waals surface area contributed by atoms with Gasteiger partial charge in [0, 0.05) is 23.8 Å². The molecule has 0 spiro atoms. The Morgan fingerprint density at radius 1 is 1.29 bits per heavy atom. The molecule has 3 heteroatoms. The molecule has 1 amide bonds. The fraction of sp³-hybridized carbons (Fsp3) is 0.611. The molecule has 2 N–H and O–H groups in total. The zero-order valence-corrected chi connectivity index (χ0v) is 13.5. The smallest absolute Gasteiger partial charge is 0.251 e. The van der Waals surface area contributed by atoms with E-state index in [1.54, 1.807) is 0 Å². The van der Waals surface area contributed by atoms with Gasteiger partial charge in [-0.3, -0.25) is 4.79 Å². The third kappa shape index (κ3) is 4.76. The molecule has 0 radical (unpaired) electrons. The molecular formula is C18H28N2O. The molecule has 0 saturated heterocycles. The molecule has 116 valence electrons. The molecule has 1 aromatic rings. The van der Waals surface area contributed by atoms with Crippen LogP contribution in [0, 0.1) is 5.41 Å². The summed E-state index contributed by atoms with van der Waals surface area (Å²) in [6.45, 7) is 7.49. The number of anilines is 1. The molecule has 0 atom stereocenters. The van der Waals surface area contributed by atoms with Crippen molar-refractivity contribution in [3.05, 3.63) is 29.8 Å². The highest BCUT2D eigenvalue weighted by molar-refractivity contribution is 5.95. The summed E-state index contributed by atoms with van der Waals surface area (Å²) >= 11 is 0. The summed E-state index contributed by atoms with van der Waals surface area (Å²) in [6.07, 6.45) is 5.91. The molecular weight excluding hydrogens is 260 g/mol. The van der Waals surface area contributed by atoms with Gasteiger partial charge in [0.2, 0.25) is 0 Å². The lowest BCUT2D eigenvalue weighted by Gasteiger charge is -2.35. The van der Waals surface area contributed by atoms with E-state index < -0.39 is 0 Å². The second-order valence-corrected chi connectivity index (χ2v) is 6.92. The predicted molar refractivity (Wildman–Crippen MR) is 88.7 cm³/mol. The Morgan fingerprint density at radius 2 is 2.00 bits per heavy atom. The van der Waals surface area contributed by atoms with Gasteiger partial charge in [-0.2, -0.15) is 0 Å². The lowest BCUT2D eigenvalue weighted by atomic mass is 9.75. The van der Waals surface area contributed by atoms with Crippen LogP contribution in [0.5, 0.6) is 0 Å². The number of hydrogen-bond donors (Lipinski definition) is 2. The molecule has 0 aromatic heterocycles. The number of hydrogen-bond acceptors (Lipinski definition) is 2. The fourth-order valence-corrected chi connectivity index (χ4v) is 2.87. The van der Waals surface area contributed by atoms with Crippen molar-refractivity contribution in [1.29, 1.82) is 0 Å². The summed E-state index contributed by atoms with van der Waals surface area (Å²) in [5, 5.41) is 6.51. The maximum absolute atomic E-state index is 12.0. The van der Waals surface area contributed by atoms with Crippen LogP contribution in [0.4, 0.5) is 5.69 Å². The van der Waals surface area contributed by atoms with Crippen molar-refractivity contribution in [2.75, 3.05) is 11.9 Å². The number of nitrogens with one attached hydrogen (secondary N) is 2. The lowest BCUT2D eigenvalue weighted by Crippen LogP contribution is -2.30. The molecule has 1 aliphatic rings. The zero-order valence-electron chi connectivity index (χ0n) is 13.5. The van der Waals surface area contributed by atoms with E-state index in [0.717, 1.165) is 24.2 Å². The Bertz CT molecular complexity index is 472. The maximum Gasteiger partial charge on any atom is 0.251 e. The first-order valence-electron chi connectivity index (χ1n) is 8.15. The summed E-state index contributed by atoms with van der Waals surface area (Å²) in [5.74, 6) is 0.0188. The van der Waals surface area contributed by atoms with Crippen molar-refractivity contribution in [1.82, 2.24) is 5.32 Å². The van der Waals surface area contributed by atoms with Crippen LogP contribution in [-0.2, 0) is 0 Å². The summed E-state index contributed by atoms with van der Waals surface area (Å²) in [4.78, 5) is 12.0. The van der Waals surface area contributed by atoms with Crippen LogP contribution in [0.2, 0.25) is 0 Å². The minimum Gasteiger partial charge on any atom is -0.382 e. The summed E-state index contributed by atoms with van der Waals surface area (Å²) in [5.41, 5.74) is 2.29. The second-order valence-electron chi connectivity index (χ2n) is 6.92. The Hall–Kier alpha value is -1.51. The third-order valence-electron chi connectivity index (χ3n) is 4.37. The molecule has 1 aromatic carbocycles. The molecule has 3 nitrogen and oxygen atoms in total. The Balaban J connectivity index is 1.94. The number of amides is 1. The van der Waals surface area contributed by atoms with Gasteiger partial charge in [-0.15, -0.1) is 0 Å². The summed E-state index contributed by atoms with van der Waals surface area (Å²) in [7, 11) is 0. The van der Waals surface area contributed by atoms with Gasteiger partial charge in [0.15, 0.2) is 0 Å². The van der Waals surface area contributed by atoms with E-state index in [1.165, 1.54) is 25.7 Å². The zero-order chi connectivity index (χ0) is 15.3. The minimum atomic E-state index is 0.0188. The number of benzene rings is 1. The average Bonchev–Trinajstić information content (AvgIpc) is 2.47. The van der Waals surface area contributed by atoms with Gasteiger partial charge in [-0.1, -0.05) is 26.8 Å². The molecule has 21 heavy (non-hydrogen) atoms.